The number of amides is 1. The summed E-state index contributed by atoms with van der Waals surface area (Å²) in [4.78, 5) is 14.3. The Kier molecular flexibility index (Phi) is 5.59. The van der Waals surface area contributed by atoms with Crippen LogP contribution in [0, 0.1) is 6.92 Å². The Balaban J connectivity index is 1.83. The van der Waals surface area contributed by atoms with E-state index in [9.17, 15) is 4.79 Å². The largest absolute Gasteiger partial charge is 0.399 e. The number of rotatable bonds is 7. The van der Waals surface area contributed by atoms with E-state index in [1.807, 2.05) is 19.1 Å². The van der Waals surface area contributed by atoms with Crippen molar-refractivity contribution in [3.8, 4) is 0 Å². The first-order valence-electron chi connectivity index (χ1n) is 7.61. The Labute approximate surface area is 126 Å². The second-order valence-corrected chi connectivity index (χ2v) is 5.72. The van der Waals surface area contributed by atoms with E-state index in [1.165, 1.54) is 19.3 Å². The van der Waals surface area contributed by atoms with Gasteiger partial charge in [-0.3, -0.25) is 9.69 Å². The van der Waals surface area contributed by atoms with E-state index in [0.717, 1.165) is 11.3 Å². The van der Waals surface area contributed by atoms with E-state index >= 15 is 0 Å². The van der Waals surface area contributed by atoms with Crippen molar-refractivity contribution in [2.24, 2.45) is 0 Å². The van der Waals surface area contributed by atoms with E-state index in [4.69, 9.17) is 10.8 Å². The Morgan fingerprint density at radius 1 is 1.43 bits per heavy atom. The molecule has 1 saturated carbocycles. The quantitative estimate of drug-likeness (QED) is 0.669. The molecule has 0 unspecified atom stereocenters. The lowest BCUT2D eigenvalue weighted by Gasteiger charge is -2.37. The second-order valence-electron chi connectivity index (χ2n) is 5.72. The number of aliphatic hydroxyl groups is 1. The lowest BCUT2D eigenvalue weighted by Crippen LogP contribution is -2.43. The minimum absolute atomic E-state index is 0.00475. The maximum absolute atomic E-state index is 12.1. The smallest absolute Gasteiger partial charge is 0.225 e. The molecule has 1 aliphatic carbocycles. The number of aryl methyl sites for hydroxylation is 1. The van der Waals surface area contributed by atoms with Crippen LogP contribution >= 0.6 is 0 Å². The molecule has 5 nitrogen and oxygen atoms in total. The highest BCUT2D eigenvalue weighted by molar-refractivity contribution is 5.91. The van der Waals surface area contributed by atoms with Crippen molar-refractivity contribution in [3.63, 3.8) is 0 Å². The van der Waals surface area contributed by atoms with Gasteiger partial charge in [0.1, 0.15) is 0 Å². The van der Waals surface area contributed by atoms with Gasteiger partial charge in [-0.1, -0.05) is 6.42 Å². The summed E-state index contributed by atoms with van der Waals surface area (Å²) >= 11 is 0. The van der Waals surface area contributed by atoms with Crippen molar-refractivity contribution >= 4 is 17.3 Å². The molecule has 0 radical (unpaired) electrons. The van der Waals surface area contributed by atoms with E-state index in [1.54, 1.807) is 6.07 Å². The maximum atomic E-state index is 12.1. The van der Waals surface area contributed by atoms with Crippen LogP contribution in [0.3, 0.4) is 0 Å². The van der Waals surface area contributed by atoms with E-state index in [0.29, 0.717) is 31.2 Å². The van der Waals surface area contributed by atoms with Gasteiger partial charge in [0.2, 0.25) is 5.91 Å². The predicted molar refractivity (Wildman–Crippen MR) is 85.1 cm³/mol. The number of hydrogen-bond donors (Lipinski definition) is 3. The molecule has 21 heavy (non-hydrogen) atoms. The molecule has 0 saturated heterocycles. The zero-order valence-electron chi connectivity index (χ0n) is 12.6. The van der Waals surface area contributed by atoms with Crippen LogP contribution in [0.5, 0.6) is 0 Å². The summed E-state index contributed by atoms with van der Waals surface area (Å²) < 4.78 is 0. The number of carbonyl (C=O) groups is 1. The Morgan fingerprint density at radius 3 is 2.76 bits per heavy atom. The second kappa shape index (κ2) is 7.43. The fourth-order valence-electron chi connectivity index (χ4n) is 2.64. The fourth-order valence-corrected chi connectivity index (χ4v) is 2.64. The van der Waals surface area contributed by atoms with Gasteiger partial charge in [-0.05, 0) is 43.5 Å². The van der Waals surface area contributed by atoms with Gasteiger partial charge in [-0.2, -0.15) is 0 Å². The van der Waals surface area contributed by atoms with Gasteiger partial charge in [0.05, 0.1) is 6.61 Å². The Hall–Kier alpha value is -1.59. The van der Waals surface area contributed by atoms with Gasteiger partial charge >= 0.3 is 0 Å². The summed E-state index contributed by atoms with van der Waals surface area (Å²) in [5, 5.41) is 12.0. The van der Waals surface area contributed by atoms with Crippen molar-refractivity contribution in [2.75, 3.05) is 30.7 Å². The minimum atomic E-state index is 0.00475. The average molecular weight is 291 g/mol. The molecule has 1 aromatic carbocycles. The summed E-state index contributed by atoms with van der Waals surface area (Å²) in [5.41, 5.74) is 8.18. The summed E-state index contributed by atoms with van der Waals surface area (Å²) in [6.07, 6.45) is 4.06. The van der Waals surface area contributed by atoms with E-state index in [-0.39, 0.29) is 12.5 Å². The third-order valence-electron chi connectivity index (χ3n) is 4.13. The van der Waals surface area contributed by atoms with Crippen LogP contribution in [-0.4, -0.2) is 41.7 Å². The van der Waals surface area contributed by atoms with Crippen LogP contribution in [0.1, 0.15) is 31.2 Å². The van der Waals surface area contributed by atoms with Gasteiger partial charge in [-0.15, -0.1) is 0 Å². The molecular weight excluding hydrogens is 266 g/mol. The molecule has 0 heterocycles. The first-order valence-corrected chi connectivity index (χ1v) is 7.61. The topological polar surface area (TPSA) is 78.6 Å². The molecule has 4 N–H and O–H groups in total. The average Bonchev–Trinajstić information content (AvgIpc) is 2.37. The van der Waals surface area contributed by atoms with Crippen molar-refractivity contribution in [3.05, 3.63) is 23.8 Å². The molecule has 0 aromatic heterocycles. The van der Waals surface area contributed by atoms with Gasteiger partial charge in [-0.25, -0.2) is 0 Å². The predicted octanol–water partition coefficient (Wildman–Crippen LogP) is 1.75. The number of nitrogen functional groups attached to an aromatic ring is 1. The zero-order chi connectivity index (χ0) is 15.2. The molecule has 5 heteroatoms. The number of anilines is 2. The van der Waals surface area contributed by atoms with Gasteiger partial charge in [0.25, 0.3) is 0 Å². The highest BCUT2D eigenvalue weighted by Gasteiger charge is 2.24. The summed E-state index contributed by atoms with van der Waals surface area (Å²) in [6.45, 7) is 3.43. The van der Waals surface area contributed by atoms with Crippen LogP contribution in [0.2, 0.25) is 0 Å². The summed E-state index contributed by atoms with van der Waals surface area (Å²) in [7, 11) is 0. The van der Waals surface area contributed by atoms with Crippen LogP contribution in [0.4, 0.5) is 11.4 Å². The summed E-state index contributed by atoms with van der Waals surface area (Å²) in [5.74, 6) is 0.00475. The number of benzene rings is 1. The van der Waals surface area contributed by atoms with Crippen molar-refractivity contribution in [1.29, 1.82) is 0 Å². The molecular formula is C16H25N3O2. The van der Waals surface area contributed by atoms with Crippen LogP contribution in [0.15, 0.2) is 18.2 Å². The standard InChI is InChI=1S/C16H25N3O2/c1-12-11-13(17)5-6-15(12)18-16(21)7-8-19(9-10-20)14-3-2-4-14/h5-6,11,14,20H,2-4,7-10,17H2,1H3,(H,18,21). The van der Waals surface area contributed by atoms with Gasteiger partial charge < -0.3 is 16.2 Å². The molecule has 1 aliphatic rings. The molecule has 0 aliphatic heterocycles. The van der Waals surface area contributed by atoms with Crippen LogP contribution in [0.25, 0.3) is 0 Å². The zero-order valence-corrected chi connectivity index (χ0v) is 12.6. The van der Waals surface area contributed by atoms with Crippen LogP contribution < -0.4 is 11.1 Å². The Bertz CT molecular complexity index is 486. The van der Waals surface area contributed by atoms with E-state index in [2.05, 4.69) is 10.2 Å². The highest BCUT2D eigenvalue weighted by atomic mass is 16.3. The first-order chi connectivity index (χ1) is 10.1. The molecule has 0 spiro atoms. The van der Waals surface area contributed by atoms with Crippen molar-refractivity contribution in [1.82, 2.24) is 4.90 Å². The lowest BCUT2D eigenvalue weighted by atomic mass is 9.91. The molecule has 116 valence electrons. The molecule has 0 atom stereocenters. The van der Waals surface area contributed by atoms with Crippen molar-refractivity contribution < 1.29 is 9.90 Å². The SMILES string of the molecule is Cc1cc(N)ccc1NC(=O)CCN(CCO)C1CCC1. The number of hydrogen-bond acceptors (Lipinski definition) is 4. The monoisotopic (exact) mass is 291 g/mol. The normalized spacial score (nSPS) is 15.0. The molecule has 1 aromatic rings. The molecule has 1 amide bonds. The highest BCUT2D eigenvalue weighted by Crippen LogP contribution is 2.24. The molecule has 2 rings (SSSR count). The number of carbonyl (C=O) groups excluding carboxylic acids is 1. The fraction of sp³-hybridized carbons (Fsp3) is 0.562. The van der Waals surface area contributed by atoms with Crippen LogP contribution in [-0.2, 0) is 4.79 Å². The van der Waals surface area contributed by atoms with E-state index < -0.39 is 0 Å². The van der Waals surface area contributed by atoms with Crippen molar-refractivity contribution in [2.45, 2.75) is 38.6 Å². The number of nitrogens with two attached hydrogens (primary N) is 1. The molecule has 1 fully saturated rings. The maximum Gasteiger partial charge on any atom is 0.225 e. The third kappa shape index (κ3) is 4.44. The van der Waals surface area contributed by atoms with Gasteiger partial charge in [0.15, 0.2) is 0 Å². The number of nitrogens with one attached hydrogen (secondary N) is 1. The number of aliphatic hydroxyl groups excluding tert-OH is 1. The van der Waals surface area contributed by atoms with Gasteiger partial charge in [0, 0.05) is 36.9 Å². The Morgan fingerprint density at radius 2 is 2.19 bits per heavy atom. The first kappa shape index (κ1) is 15.8. The minimum Gasteiger partial charge on any atom is -0.399 e. The number of nitrogens with zero attached hydrogens (tertiary/aromatic N) is 1. The third-order valence-corrected chi connectivity index (χ3v) is 4.13. The lowest BCUT2D eigenvalue weighted by molar-refractivity contribution is -0.116. The summed E-state index contributed by atoms with van der Waals surface area (Å²) in [6, 6.07) is 6.01. The molecule has 0 bridgehead atoms.